The molecule has 144 valence electrons. The minimum absolute atomic E-state index is 0. The number of nitrogens with one attached hydrogen (secondary N) is 2. The molecule has 0 saturated heterocycles. The number of para-hydroxylation sites is 1. The highest BCUT2D eigenvalue weighted by Gasteiger charge is 2.09. The molecule has 2 aromatic rings. The maximum atomic E-state index is 5.46. The zero-order valence-corrected chi connectivity index (χ0v) is 19.0. The van der Waals surface area contributed by atoms with Crippen molar-refractivity contribution in [1.82, 2.24) is 15.6 Å². The highest BCUT2D eigenvalue weighted by molar-refractivity contribution is 14.0. The van der Waals surface area contributed by atoms with E-state index in [2.05, 4.69) is 27.5 Å². The Hall–Kier alpha value is -1.55. The van der Waals surface area contributed by atoms with Crippen LogP contribution < -0.4 is 20.1 Å². The fraction of sp³-hybridized carbons (Fsp3) is 0.444. The van der Waals surface area contributed by atoms with E-state index in [4.69, 9.17) is 9.47 Å². The van der Waals surface area contributed by atoms with Crippen molar-refractivity contribution in [2.75, 3.05) is 20.8 Å². The van der Waals surface area contributed by atoms with Crippen LogP contribution in [-0.4, -0.2) is 31.7 Å². The smallest absolute Gasteiger partial charge is 0.191 e. The second-order valence-electron chi connectivity index (χ2n) is 5.45. The van der Waals surface area contributed by atoms with Crippen molar-refractivity contribution in [2.24, 2.45) is 4.99 Å². The average Bonchev–Trinajstić information content (AvgIpc) is 2.94. The Balaban J connectivity index is 0.00000338. The Morgan fingerprint density at radius 2 is 1.96 bits per heavy atom. The van der Waals surface area contributed by atoms with E-state index in [0.29, 0.717) is 18.8 Å². The van der Waals surface area contributed by atoms with Crippen molar-refractivity contribution in [3.05, 3.63) is 39.3 Å². The van der Waals surface area contributed by atoms with Gasteiger partial charge in [-0.1, -0.05) is 12.1 Å². The number of guanidine groups is 1. The molecule has 0 saturated carbocycles. The maximum Gasteiger partial charge on any atom is 0.191 e. The van der Waals surface area contributed by atoms with Gasteiger partial charge in [-0.05, 0) is 26.8 Å². The van der Waals surface area contributed by atoms with E-state index in [1.165, 1.54) is 4.88 Å². The molecule has 8 heteroatoms. The molecule has 0 fully saturated rings. The molecule has 0 aliphatic carbocycles. The average molecular weight is 490 g/mol. The first kappa shape index (κ1) is 22.5. The van der Waals surface area contributed by atoms with E-state index in [0.717, 1.165) is 34.5 Å². The lowest BCUT2D eigenvalue weighted by molar-refractivity contribution is 0.352. The predicted molar refractivity (Wildman–Crippen MR) is 118 cm³/mol. The SMILES string of the molecule is CCNC(=NCc1cccc(OC)c1OC)NCc1nc(C)c(C)s1.I. The highest BCUT2D eigenvalue weighted by atomic mass is 127. The molecule has 0 aliphatic rings. The fourth-order valence-corrected chi connectivity index (χ4v) is 3.23. The second kappa shape index (κ2) is 11.2. The molecule has 0 radical (unpaired) electrons. The first-order valence-electron chi connectivity index (χ1n) is 8.24. The second-order valence-corrected chi connectivity index (χ2v) is 6.74. The predicted octanol–water partition coefficient (Wildman–Crippen LogP) is 3.65. The van der Waals surface area contributed by atoms with Crippen molar-refractivity contribution < 1.29 is 9.47 Å². The van der Waals surface area contributed by atoms with Crippen LogP contribution in [0.15, 0.2) is 23.2 Å². The van der Waals surface area contributed by atoms with Crippen LogP contribution in [0.5, 0.6) is 11.5 Å². The topological polar surface area (TPSA) is 67.8 Å². The van der Waals surface area contributed by atoms with Crippen molar-refractivity contribution in [1.29, 1.82) is 0 Å². The van der Waals surface area contributed by atoms with Crippen molar-refractivity contribution in [2.45, 2.75) is 33.9 Å². The van der Waals surface area contributed by atoms with Crippen LogP contribution in [0.2, 0.25) is 0 Å². The van der Waals surface area contributed by atoms with E-state index in [1.54, 1.807) is 25.6 Å². The van der Waals surface area contributed by atoms with Gasteiger partial charge in [0.25, 0.3) is 0 Å². The van der Waals surface area contributed by atoms with Crippen LogP contribution in [0.1, 0.15) is 28.1 Å². The lowest BCUT2D eigenvalue weighted by Crippen LogP contribution is -2.36. The number of aryl methyl sites for hydroxylation is 2. The molecule has 0 amide bonds. The Morgan fingerprint density at radius 3 is 2.54 bits per heavy atom. The fourth-order valence-electron chi connectivity index (χ4n) is 2.36. The van der Waals surface area contributed by atoms with E-state index in [9.17, 15) is 0 Å². The van der Waals surface area contributed by atoms with Gasteiger partial charge in [0.05, 0.1) is 33.0 Å². The molecule has 6 nitrogen and oxygen atoms in total. The molecule has 0 aliphatic heterocycles. The number of thiazole rings is 1. The standard InChI is InChI=1S/C18H26N4O2S.HI/c1-6-19-18(21-11-16-22-12(2)13(3)25-16)20-10-14-8-7-9-15(23-4)17(14)24-5;/h7-9H,6,10-11H2,1-5H3,(H2,19,20,21);1H. The summed E-state index contributed by atoms with van der Waals surface area (Å²) in [5.41, 5.74) is 2.06. The van der Waals surface area contributed by atoms with E-state index < -0.39 is 0 Å². The van der Waals surface area contributed by atoms with E-state index in [-0.39, 0.29) is 24.0 Å². The number of halogens is 1. The third-order valence-corrected chi connectivity index (χ3v) is 4.79. The maximum absolute atomic E-state index is 5.46. The molecule has 1 aromatic carbocycles. The van der Waals surface area contributed by atoms with Crippen molar-refractivity contribution >= 4 is 41.3 Å². The number of rotatable bonds is 7. The minimum atomic E-state index is 0. The number of nitrogens with zero attached hydrogens (tertiary/aromatic N) is 2. The summed E-state index contributed by atoms with van der Waals surface area (Å²) >= 11 is 1.71. The number of methoxy groups -OCH3 is 2. The summed E-state index contributed by atoms with van der Waals surface area (Å²) in [5, 5.41) is 7.64. The monoisotopic (exact) mass is 490 g/mol. The molecular formula is C18H27IN4O2S. The van der Waals surface area contributed by atoms with E-state index >= 15 is 0 Å². The molecule has 0 unspecified atom stereocenters. The Morgan fingerprint density at radius 1 is 1.19 bits per heavy atom. The quantitative estimate of drug-likeness (QED) is 0.353. The van der Waals surface area contributed by atoms with Crippen molar-refractivity contribution in [3.63, 3.8) is 0 Å². The van der Waals surface area contributed by atoms with Gasteiger partial charge in [0.15, 0.2) is 17.5 Å². The first-order valence-corrected chi connectivity index (χ1v) is 9.05. The summed E-state index contributed by atoms with van der Waals surface area (Å²) in [6.07, 6.45) is 0. The van der Waals surface area contributed by atoms with Gasteiger partial charge >= 0.3 is 0 Å². The Kier molecular flexibility index (Phi) is 9.71. The number of ether oxygens (including phenoxy) is 2. The van der Waals surface area contributed by atoms with Crippen LogP contribution >= 0.6 is 35.3 Å². The zero-order chi connectivity index (χ0) is 18.2. The molecule has 2 rings (SSSR count). The van der Waals surface area contributed by atoms with Crippen LogP contribution in [-0.2, 0) is 13.1 Å². The number of hydrogen-bond donors (Lipinski definition) is 2. The van der Waals surface area contributed by atoms with E-state index in [1.807, 2.05) is 32.0 Å². The Labute approximate surface area is 176 Å². The first-order chi connectivity index (χ1) is 12.1. The largest absolute Gasteiger partial charge is 0.493 e. The minimum Gasteiger partial charge on any atom is -0.493 e. The third kappa shape index (κ3) is 6.01. The molecule has 1 heterocycles. The summed E-state index contributed by atoms with van der Waals surface area (Å²) in [7, 11) is 3.27. The zero-order valence-electron chi connectivity index (χ0n) is 15.9. The summed E-state index contributed by atoms with van der Waals surface area (Å²) in [4.78, 5) is 10.4. The molecule has 0 bridgehead atoms. The van der Waals surface area contributed by atoms with Gasteiger partial charge in [0.2, 0.25) is 0 Å². The van der Waals surface area contributed by atoms with Gasteiger partial charge in [-0.15, -0.1) is 35.3 Å². The van der Waals surface area contributed by atoms with Gasteiger partial charge in [-0.2, -0.15) is 0 Å². The lowest BCUT2D eigenvalue weighted by Gasteiger charge is -2.13. The number of benzene rings is 1. The van der Waals surface area contributed by atoms with Gasteiger partial charge < -0.3 is 20.1 Å². The highest BCUT2D eigenvalue weighted by Crippen LogP contribution is 2.31. The van der Waals surface area contributed by atoms with Crippen LogP contribution in [0, 0.1) is 13.8 Å². The van der Waals surface area contributed by atoms with Crippen LogP contribution in [0.4, 0.5) is 0 Å². The molecule has 1 aromatic heterocycles. The summed E-state index contributed by atoms with van der Waals surface area (Å²) in [6, 6.07) is 5.80. The molecule has 0 spiro atoms. The summed E-state index contributed by atoms with van der Waals surface area (Å²) in [6.45, 7) is 8.10. The molecule has 26 heavy (non-hydrogen) atoms. The number of hydrogen-bond acceptors (Lipinski definition) is 5. The lowest BCUT2D eigenvalue weighted by atomic mass is 10.2. The van der Waals surface area contributed by atoms with Gasteiger partial charge in [0, 0.05) is 17.0 Å². The normalized spacial score (nSPS) is 10.9. The van der Waals surface area contributed by atoms with Crippen LogP contribution in [0.3, 0.4) is 0 Å². The van der Waals surface area contributed by atoms with Gasteiger partial charge in [0.1, 0.15) is 5.01 Å². The number of aromatic nitrogens is 1. The van der Waals surface area contributed by atoms with Gasteiger partial charge in [-0.25, -0.2) is 9.98 Å². The molecule has 2 N–H and O–H groups in total. The molecule has 0 atom stereocenters. The summed E-state index contributed by atoms with van der Waals surface area (Å²) in [5.74, 6) is 2.18. The van der Waals surface area contributed by atoms with Crippen molar-refractivity contribution in [3.8, 4) is 11.5 Å². The molecular weight excluding hydrogens is 463 g/mol. The van der Waals surface area contributed by atoms with Crippen LogP contribution in [0.25, 0.3) is 0 Å². The number of aliphatic imine (C=N–C) groups is 1. The summed E-state index contributed by atoms with van der Waals surface area (Å²) < 4.78 is 10.8. The third-order valence-electron chi connectivity index (χ3n) is 3.72. The van der Waals surface area contributed by atoms with Gasteiger partial charge in [-0.3, -0.25) is 0 Å². The Bertz CT molecular complexity index is 714.